The van der Waals surface area contributed by atoms with Crippen molar-refractivity contribution >= 4 is 5.91 Å². The Kier molecular flexibility index (Phi) is 5.88. The van der Waals surface area contributed by atoms with Gasteiger partial charge < -0.3 is 14.7 Å². The van der Waals surface area contributed by atoms with Crippen molar-refractivity contribution in [1.29, 1.82) is 0 Å². The maximum atomic E-state index is 13.0. The summed E-state index contributed by atoms with van der Waals surface area (Å²) in [6.07, 6.45) is 1.23. The third-order valence-electron chi connectivity index (χ3n) is 6.36. The lowest BCUT2D eigenvalue weighted by Crippen LogP contribution is -2.50. The van der Waals surface area contributed by atoms with E-state index in [1.807, 2.05) is 29.2 Å². The van der Waals surface area contributed by atoms with Crippen molar-refractivity contribution in [3.05, 3.63) is 65.2 Å². The van der Waals surface area contributed by atoms with Crippen LogP contribution in [0.5, 0.6) is 5.75 Å². The average Bonchev–Trinajstić information content (AvgIpc) is 3.10. The second kappa shape index (κ2) is 8.56. The lowest BCUT2D eigenvalue weighted by atomic mass is 9.86. The maximum Gasteiger partial charge on any atom is 0.240 e. The minimum Gasteiger partial charge on any atom is -0.497 e. The van der Waals surface area contributed by atoms with E-state index in [9.17, 15) is 9.90 Å². The van der Waals surface area contributed by atoms with Crippen molar-refractivity contribution in [2.45, 2.75) is 44.4 Å². The highest BCUT2D eigenvalue weighted by Crippen LogP contribution is 2.32. The number of hydrogen-bond acceptors (Lipinski definition) is 4. The maximum absolute atomic E-state index is 13.0. The number of aliphatic hydroxyl groups excluding tert-OH is 1. The number of carbonyl (C=O) groups is 1. The molecule has 1 unspecified atom stereocenters. The van der Waals surface area contributed by atoms with Gasteiger partial charge in [-0.3, -0.25) is 9.69 Å². The fraction of sp³-hybridized carbons (Fsp3) is 0.458. The second-order valence-corrected chi connectivity index (χ2v) is 8.28. The first-order valence-electron chi connectivity index (χ1n) is 10.5. The molecule has 2 aromatic rings. The topological polar surface area (TPSA) is 53.0 Å². The molecule has 5 heteroatoms. The number of benzene rings is 2. The molecule has 1 amide bonds. The van der Waals surface area contributed by atoms with Crippen LogP contribution >= 0.6 is 0 Å². The molecule has 4 rings (SSSR count). The van der Waals surface area contributed by atoms with Crippen LogP contribution in [0.1, 0.15) is 35.4 Å². The number of hydrogen-bond donors (Lipinski definition) is 1. The van der Waals surface area contributed by atoms with Crippen molar-refractivity contribution in [2.75, 3.05) is 26.7 Å². The van der Waals surface area contributed by atoms with E-state index < -0.39 is 6.10 Å². The van der Waals surface area contributed by atoms with Gasteiger partial charge in [0.2, 0.25) is 5.91 Å². The first kappa shape index (κ1) is 19.9. The Morgan fingerprint density at radius 2 is 1.76 bits per heavy atom. The Bertz CT molecular complexity index is 834. The number of rotatable bonds is 5. The van der Waals surface area contributed by atoms with Crippen LogP contribution in [0.4, 0.5) is 0 Å². The highest BCUT2D eigenvalue weighted by molar-refractivity contribution is 5.84. The van der Waals surface area contributed by atoms with Crippen molar-refractivity contribution < 1.29 is 14.6 Å². The average molecular weight is 395 g/mol. The summed E-state index contributed by atoms with van der Waals surface area (Å²) in [5, 5.41) is 10.8. The fourth-order valence-corrected chi connectivity index (χ4v) is 4.61. The molecule has 0 saturated carbocycles. The SMILES string of the molecule is COc1ccc([C@H]2CCN(C3CCN(Cc4ccc(C)cc4)C3=O)C[C@@H]2O)cc1. The molecule has 2 heterocycles. The predicted octanol–water partition coefficient (Wildman–Crippen LogP) is 2.95. The molecule has 0 bridgehead atoms. The van der Waals surface area contributed by atoms with Crippen LogP contribution in [-0.4, -0.2) is 59.7 Å². The first-order chi connectivity index (χ1) is 14.0. The quantitative estimate of drug-likeness (QED) is 0.847. The van der Waals surface area contributed by atoms with E-state index >= 15 is 0 Å². The highest BCUT2D eigenvalue weighted by atomic mass is 16.5. The van der Waals surface area contributed by atoms with E-state index in [1.165, 1.54) is 11.1 Å². The van der Waals surface area contributed by atoms with E-state index in [1.54, 1.807) is 7.11 Å². The summed E-state index contributed by atoms with van der Waals surface area (Å²) < 4.78 is 5.23. The number of nitrogens with zero attached hydrogens (tertiary/aromatic N) is 2. The summed E-state index contributed by atoms with van der Waals surface area (Å²) in [7, 11) is 1.66. The summed E-state index contributed by atoms with van der Waals surface area (Å²) >= 11 is 0. The van der Waals surface area contributed by atoms with Crippen LogP contribution in [0.3, 0.4) is 0 Å². The van der Waals surface area contributed by atoms with Gasteiger partial charge in [0.15, 0.2) is 0 Å². The molecule has 2 aromatic carbocycles. The van der Waals surface area contributed by atoms with Gasteiger partial charge in [-0.1, -0.05) is 42.0 Å². The number of likely N-dealkylation sites (tertiary alicyclic amines) is 2. The van der Waals surface area contributed by atoms with Crippen LogP contribution in [0, 0.1) is 6.92 Å². The number of carbonyl (C=O) groups excluding carboxylic acids is 1. The summed E-state index contributed by atoms with van der Waals surface area (Å²) in [4.78, 5) is 17.1. The molecule has 2 aliphatic heterocycles. The summed E-state index contributed by atoms with van der Waals surface area (Å²) in [5.74, 6) is 1.13. The summed E-state index contributed by atoms with van der Waals surface area (Å²) in [6.45, 7) is 4.90. The second-order valence-electron chi connectivity index (χ2n) is 8.28. The van der Waals surface area contributed by atoms with E-state index in [-0.39, 0.29) is 17.9 Å². The lowest BCUT2D eigenvalue weighted by molar-refractivity contribution is -0.133. The van der Waals surface area contributed by atoms with E-state index in [2.05, 4.69) is 36.1 Å². The highest BCUT2D eigenvalue weighted by Gasteiger charge is 2.39. The standard InChI is InChI=1S/C24H30N2O3/c1-17-3-5-18(6-4-17)15-26-14-12-22(24(26)28)25-13-11-21(23(27)16-25)19-7-9-20(29-2)10-8-19/h3-10,21-23,27H,11-16H2,1-2H3/t21-,22?,23+/m1/s1. The van der Waals surface area contributed by atoms with Crippen LogP contribution in [-0.2, 0) is 11.3 Å². The van der Waals surface area contributed by atoms with Crippen molar-refractivity contribution in [3.63, 3.8) is 0 Å². The van der Waals surface area contributed by atoms with Gasteiger partial charge in [0.1, 0.15) is 5.75 Å². The monoisotopic (exact) mass is 394 g/mol. The molecule has 5 nitrogen and oxygen atoms in total. The van der Waals surface area contributed by atoms with Crippen LogP contribution < -0.4 is 4.74 Å². The molecule has 154 valence electrons. The minimum absolute atomic E-state index is 0.105. The molecule has 2 aliphatic rings. The molecule has 0 aromatic heterocycles. The van der Waals surface area contributed by atoms with Gasteiger partial charge in [0.25, 0.3) is 0 Å². The normalized spacial score (nSPS) is 25.4. The van der Waals surface area contributed by atoms with Crippen molar-refractivity contribution in [2.24, 2.45) is 0 Å². The molecule has 3 atom stereocenters. The van der Waals surface area contributed by atoms with Gasteiger partial charge in [0, 0.05) is 25.6 Å². The number of amides is 1. The zero-order valence-electron chi connectivity index (χ0n) is 17.3. The van der Waals surface area contributed by atoms with Gasteiger partial charge in [0.05, 0.1) is 19.3 Å². The Hall–Kier alpha value is -2.37. The Labute approximate surface area is 172 Å². The van der Waals surface area contributed by atoms with Gasteiger partial charge in [-0.25, -0.2) is 0 Å². The first-order valence-corrected chi connectivity index (χ1v) is 10.5. The Balaban J connectivity index is 1.36. The summed E-state index contributed by atoms with van der Waals surface area (Å²) in [6, 6.07) is 16.2. The third-order valence-corrected chi connectivity index (χ3v) is 6.36. The van der Waals surface area contributed by atoms with Gasteiger partial charge in [-0.15, -0.1) is 0 Å². The molecule has 1 N–H and O–H groups in total. The summed E-state index contributed by atoms with van der Waals surface area (Å²) in [5.41, 5.74) is 3.53. The smallest absolute Gasteiger partial charge is 0.240 e. The Morgan fingerprint density at radius 3 is 2.41 bits per heavy atom. The molecule has 2 fully saturated rings. The van der Waals surface area contributed by atoms with Gasteiger partial charge >= 0.3 is 0 Å². The molecular formula is C24H30N2O3. The number of ether oxygens (including phenoxy) is 1. The van der Waals surface area contributed by atoms with Gasteiger partial charge in [-0.05, 0) is 49.6 Å². The number of methoxy groups -OCH3 is 1. The zero-order valence-corrected chi connectivity index (χ0v) is 17.3. The van der Waals surface area contributed by atoms with E-state index in [4.69, 9.17) is 4.74 Å². The molecule has 29 heavy (non-hydrogen) atoms. The molecule has 0 aliphatic carbocycles. The van der Waals surface area contributed by atoms with Crippen molar-refractivity contribution in [1.82, 2.24) is 9.80 Å². The predicted molar refractivity (Wildman–Crippen MR) is 113 cm³/mol. The third kappa shape index (κ3) is 4.31. The Morgan fingerprint density at radius 1 is 1.03 bits per heavy atom. The number of β-amino-alcohol motifs (C(OH)–C–C–N with tert-alkyl or cyclic N) is 1. The van der Waals surface area contributed by atoms with Gasteiger partial charge in [-0.2, -0.15) is 0 Å². The van der Waals surface area contributed by atoms with Crippen LogP contribution in [0.25, 0.3) is 0 Å². The molecule has 0 spiro atoms. The van der Waals surface area contributed by atoms with E-state index in [0.717, 1.165) is 37.2 Å². The lowest BCUT2D eigenvalue weighted by Gasteiger charge is -2.38. The number of aryl methyl sites for hydroxylation is 1. The van der Waals surface area contributed by atoms with Crippen LogP contribution in [0.15, 0.2) is 48.5 Å². The minimum atomic E-state index is -0.462. The molecule has 0 radical (unpaired) electrons. The molecular weight excluding hydrogens is 364 g/mol. The largest absolute Gasteiger partial charge is 0.497 e. The number of piperidine rings is 1. The fourth-order valence-electron chi connectivity index (χ4n) is 4.61. The van der Waals surface area contributed by atoms with E-state index in [0.29, 0.717) is 13.1 Å². The van der Waals surface area contributed by atoms with Crippen LogP contribution in [0.2, 0.25) is 0 Å². The number of aliphatic hydroxyl groups is 1. The van der Waals surface area contributed by atoms with Crippen molar-refractivity contribution in [3.8, 4) is 5.75 Å². The zero-order chi connectivity index (χ0) is 20.4. The molecule has 2 saturated heterocycles.